The van der Waals surface area contributed by atoms with E-state index in [1.54, 1.807) is 0 Å². The summed E-state index contributed by atoms with van der Waals surface area (Å²) in [5, 5.41) is 26.4. The Balaban J connectivity index is 4.19. The van der Waals surface area contributed by atoms with E-state index in [1.807, 2.05) is 0 Å². The van der Waals surface area contributed by atoms with Gasteiger partial charge in [0.2, 0.25) is 0 Å². The Labute approximate surface area is 101 Å². The first-order valence-electron chi connectivity index (χ1n) is 5.71. The molecule has 0 aromatic heterocycles. The van der Waals surface area contributed by atoms with Gasteiger partial charge in [0.05, 0.1) is 0 Å². The van der Waals surface area contributed by atoms with Crippen LogP contribution in [-0.4, -0.2) is 39.8 Å². The van der Waals surface area contributed by atoms with Crippen molar-refractivity contribution in [3.05, 3.63) is 12.7 Å². The van der Waals surface area contributed by atoms with Gasteiger partial charge in [-0.25, -0.2) is 4.79 Å². The first kappa shape index (κ1) is 15.8. The van der Waals surface area contributed by atoms with Crippen LogP contribution in [0.1, 0.15) is 32.1 Å². The summed E-state index contributed by atoms with van der Waals surface area (Å²) in [6.07, 6.45) is 2.23. The average molecular weight is 244 g/mol. The molecule has 0 amide bonds. The molecule has 0 rings (SSSR count). The fourth-order valence-corrected chi connectivity index (χ4v) is 1.59. The van der Waals surface area contributed by atoms with E-state index in [0.29, 0.717) is 12.8 Å². The third-order valence-electron chi connectivity index (χ3n) is 2.61. The molecule has 2 unspecified atom stereocenters. The molecular weight excluding hydrogens is 224 g/mol. The van der Waals surface area contributed by atoms with Gasteiger partial charge < -0.3 is 15.3 Å². The number of hydrogen-bond donors (Lipinski definition) is 3. The number of rotatable bonds is 10. The van der Waals surface area contributed by atoms with E-state index < -0.39 is 18.0 Å². The van der Waals surface area contributed by atoms with Gasteiger partial charge in [-0.15, -0.1) is 0 Å². The molecule has 5 nitrogen and oxygen atoms in total. The molecule has 0 bridgehead atoms. The van der Waals surface area contributed by atoms with Gasteiger partial charge in [-0.2, -0.15) is 0 Å². The lowest BCUT2D eigenvalue weighted by Crippen LogP contribution is -2.26. The summed E-state index contributed by atoms with van der Waals surface area (Å²) in [4.78, 5) is 22.0. The second kappa shape index (κ2) is 8.90. The third-order valence-corrected chi connectivity index (χ3v) is 2.61. The summed E-state index contributed by atoms with van der Waals surface area (Å²) in [6.45, 7) is 3.47. The van der Waals surface area contributed by atoms with Crippen LogP contribution in [0.15, 0.2) is 12.7 Å². The van der Waals surface area contributed by atoms with Gasteiger partial charge in [0.25, 0.3) is 0 Å². The van der Waals surface area contributed by atoms with Crippen LogP contribution in [0.2, 0.25) is 0 Å². The number of carboxylic acid groups (broad SMARTS) is 1. The number of aliphatic carboxylic acids is 1. The third kappa shape index (κ3) is 6.86. The highest BCUT2D eigenvalue weighted by atomic mass is 16.4. The van der Waals surface area contributed by atoms with Crippen molar-refractivity contribution in [3.8, 4) is 0 Å². The SMILES string of the molecule is C=CC(=O)C(CCCCCO)CC(O)C(=O)O. The van der Waals surface area contributed by atoms with Crippen LogP contribution in [0.5, 0.6) is 0 Å². The summed E-state index contributed by atoms with van der Waals surface area (Å²) < 4.78 is 0. The van der Waals surface area contributed by atoms with Crippen molar-refractivity contribution >= 4 is 11.8 Å². The first-order valence-corrected chi connectivity index (χ1v) is 5.71. The number of hydrogen-bond acceptors (Lipinski definition) is 4. The first-order chi connectivity index (χ1) is 8.02. The van der Waals surface area contributed by atoms with Crippen LogP contribution in [0, 0.1) is 5.92 Å². The van der Waals surface area contributed by atoms with E-state index in [4.69, 9.17) is 10.2 Å². The molecule has 17 heavy (non-hydrogen) atoms. The molecule has 2 atom stereocenters. The zero-order valence-electron chi connectivity index (χ0n) is 9.84. The fourth-order valence-electron chi connectivity index (χ4n) is 1.59. The molecule has 0 aliphatic carbocycles. The monoisotopic (exact) mass is 244 g/mol. The molecule has 0 aromatic carbocycles. The van der Waals surface area contributed by atoms with Crippen LogP contribution in [0.3, 0.4) is 0 Å². The maximum Gasteiger partial charge on any atom is 0.332 e. The van der Waals surface area contributed by atoms with Crippen LogP contribution >= 0.6 is 0 Å². The van der Waals surface area contributed by atoms with E-state index in [1.165, 1.54) is 0 Å². The molecule has 3 N–H and O–H groups in total. The summed E-state index contributed by atoms with van der Waals surface area (Å²) >= 11 is 0. The fraction of sp³-hybridized carbons (Fsp3) is 0.667. The smallest absolute Gasteiger partial charge is 0.332 e. The Morgan fingerprint density at radius 3 is 2.35 bits per heavy atom. The second-order valence-electron chi connectivity index (χ2n) is 3.97. The number of aliphatic hydroxyl groups excluding tert-OH is 2. The molecule has 0 spiro atoms. The summed E-state index contributed by atoms with van der Waals surface area (Å²) in [5.74, 6) is -2.06. The molecule has 0 aromatic rings. The average Bonchev–Trinajstić information content (AvgIpc) is 2.31. The van der Waals surface area contributed by atoms with Crippen molar-refractivity contribution in [2.75, 3.05) is 6.61 Å². The number of carbonyl (C=O) groups excluding carboxylic acids is 1. The second-order valence-corrected chi connectivity index (χ2v) is 3.97. The maximum absolute atomic E-state index is 11.5. The number of aliphatic hydroxyl groups is 2. The number of unbranched alkanes of at least 4 members (excludes halogenated alkanes) is 2. The van der Waals surface area contributed by atoms with Crippen LogP contribution in [-0.2, 0) is 9.59 Å². The predicted octanol–water partition coefficient (Wildman–Crippen LogP) is 0.746. The van der Waals surface area contributed by atoms with Gasteiger partial charge in [0.1, 0.15) is 0 Å². The standard InChI is InChI=1S/C12H20O5/c1-2-10(14)9(6-4-3-5-7-13)8-11(15)12(16)17/h2,9,11,13,15H,1,3-8H2,(H,16,17). The largest absolute Gasteiger partial charge is 0.479 e. The summed E-state index contributed by atoms with van der Waals surface area (Å²) in [7, 11) is 0. The molecule has 98 valence electrons. The molecule has 0 radical (unpaired) electrons. The minimum atomic E-state index is -1.51. The Bertz CT molecular complexity index is 262. The maximum atomic E-state index is 11.5. The highest BCUT2D eigenvalue weighted by molar-refractivity contribution is 5.91. The topological polar surface area (TPSA) is 94.8 Å². The lowest BCUT2D eigenvalue weighted by atomic mass is 9.91. The summed E-state index contributed by atoms with van der Waals surface area (Å²) in [6, 6.07) is 0. The highest BCUT2D eigenvalue weighted by Gasteiger charge is 2.23. The quantitative estimate of drug-likeness (QED) is 0.389. The van der Waals surface area contributed by atoms with Crippen molar-refractivity contribution in [2.45, 2.75) is 38.2 Å². The molecule has 0 heterocycles. The molecule has 0 saturated heterocycles. The minimum absolute atomic E-state index is 0.0840. The molecule has 0 saturated carbocycles. The molecule has 0 aliphatic heterocycles. The number of carboxylic acids is 1. The van der Waals surface area contributed by atoms with Crippen LogP contribution < -0.4 is 0 Å². The van der Waals surface area contributed by atoms with Crippen molar-refractivity contribution in [1.29, 1.82) is 0 Å². The normalized spacial score (nSPS) is 14.0. The van der Waals surface area contributed by atoms with Crippen LogP contribution in [0.4, 0.5) is 0 Å². The van der Waals surface area contributed by atoms with Crippen LogP contribution in [0.25, 0.3) is 0 Å². The van der Waals surface area contributed by atoms with E-state index in [9.17, 15) is 14.7 Å². The number of allylic oxidation sites excluding steroid dienone is 1. The molecular formula is C12H20O5. The van der Waals surface area contributed by atoms with Gasteiger partial charge in [-0.05, 0) is 25.3 Å². The van der Waals surface area contributed by atoms with Gasteiger partial charge in [0.15, 0.2) is 11.9 Å². The molecule has 0 fully saturated rings. The van der Waals surface area contributed by atoms with Crippen molar-refractivity contribution in [3.63, 3.8) is 0 Å². The van der Waals surface area contributed by atoms with Gasteiger partial charge in [-0.3, -0.25) is 4.79 Å². The van der Waals surface area contributed by atoms with Gasteiger partial charge in [-0.1, -0.05) is 19.4 Å². The number of carbonyl (C=O) groups is 2. The molecule has 5 heteroatoms. The Hall–Kier alpha value is -1.20. The van der Waals surface area contributed by atoms with E-state index in [-0.39, 0.29) is 18.8 Å². The van der Waals surface area contributed by atoms with E-state index in [2.05, 4.69) is 6.58 Å². The van der Waals surface area contributed by atoms with E-state index in [0.717, 1.165) is 18.9 Å². The van der Waals surface area contributed by atoms with E-state index >= 15 is 0 Å². The van der Waals surface area contributed by atoms with Crippen molar-refractivity contribution < 1.29 is 24.9 Å². The zero-order valence-corrected chi connectivity index (χ0v) is 9.84. The van der Waals surface area contributed by atoms with Crippen molar-refractivity contribution in [2.24, 2.45) is 5.92 Å². The summed E-state index contributed by atoms with van der Waals surface area (Å²) in [5.41, 5.74) is 0. The number of ketones is 1. The molecule has 0 aliphatic rings. The lowest BCUT2D eigenvalue weighted by Gasteiger charge is -2.15. The lowest BCUT2D eigenvalue weighted by molar-refractivity contribution is -0.147. The van der Waals surface area contributed by atoms with Gasteiger partial charge >= 0.3 is 5.97 Å². The predicted molar refractivity (Wildman–Crippen MR) is 62.5 cm³/mol. The Morgan fingerprint density at radius 2 is 1.88 bits per heavy atom. The van der Waals surface area contributed by atoms with Crippen molar-refractivity contribution in [1.82, 2.24) is 0 Å². The highest BCUT2D eigenvalue weighted by Crippen LogP contribution is 2.17. The zero-order chi connectivity index (χ0) is 13.3. The Morgan fingerprint density at radius 1 is 1.24 bits per heavy atom. The minimum Gasteiger partial charge on any atom is -0.479 e. The van der Waals surface area contributed by atoms with Gasteiger partial charge in [0, 0.05) is 12.5 Å². The Kier molecular flexibility index (Phi) is 8.27.